The number of hydrogen-bond donors (Lipinski definition) is 1. The topological polar surface area (TPSA) is 72.2 Å². The highest BCUT2D eigenvalue weighted by Crippen LogP contribution is 2.26. The Morgan fingerprint density at radius 3 is 1.85 bits per heavy atom. The molecule has 0 aliphatic heterocycles. The summed E-state index contributed by atoms with van der Waals surface area (Å²) in [6.07, 6.45) is 21.1. The first-order valence-corrected chi connectivity index (χ1v) is 13.5. The van der Waals surface area contributed by atoms with Gasteiger partial charge in [-0.1, -0.05) is 121 Å². The van der Waals surface area contributed by atoms with Crippen LogP contribution in [0.2, 0.25) is 0 Å². The zero-order valence-corrected chi connectivity index (χ0v) is 21.1. The van der Waals surface area contributed by atoms with Gasteiger partial charge in [0.05, 0.1) is 15.9 Å². The molecule has 34 heavy (non-hydrogen) atoms. The van der Waals surface area contributed by atoms with Crippen LogP contribution >= 0.6 is 0 Å². The summed E-state index contributed by atoms with van der Waals surface area (Å²) in [4.78, 5) is 23.4. The van der Waals surface area contributed by atoms with Gasteiger partial charge in [-0.05, 0) is 17.9 Å². The van der Waals surface area contributed by atoms with Crippen molar-refractivity contribution in [2.45, 2.75) is 110 Å². The maximum absolute atomic E-state index is 12.5. The van der Waals surface area contributed by atoms with E-state index in [4.69, 9.17) is 0 Å². The fourth-order valence-electron chi connectivity index (χ4n) is 4.45. The van der Waals surface area contributed by atoms with E-state index < -0.39 is 4.92 Å². The van der Waals surface area contributed by atoms with Crippen molar-refractivity contribution in [1.29, 1.82) is 0 Å². The molecule has 2 rings (SSSR count). The zero-order chi connectivity index (χ0) is 24.4. The Bertz CT molecular complexity index is 866. The molecule has 1 radical (unpaired) electrons. The molecule has 0 heterocycles. The molecule has 1 N–H and O–H groups in total. The number of nitro groups is 1. The van der Waals surface area contributed by atoms with Crippen LogP contribution in [0.3, 0.4) is 0 Å². The fraction of sp³-hybridized carbons (Fsp3) is 0.621. The third kappa shape index (κ3) is 10.7. The number of nitrogens with zero attached hydrogens (tertiary/aromatic N) is 1. The third-order valence-electron chi connectivity index (χ3n) is 6.51. The number of amides is 1. The quantitative estimate of drug-likeness (QED) is 0.128. The number of benzene rings is 2. The van der Waals surface area contributed by atoms with E-state index in [9.17, 15) is 14.9 Å². The Balaban J connectivity index is 1.48. The van der Waals surface area contributed by atoms with Crippen molar-refractivity contribution in [2.75, 3.05) is 6.54 Å². The largest absolute Gasteiger partial charge is 0.352 e. The number of carbonyl (C=O) groups is 1. The molecule has 0 saturated heterocycles. The van der Waals surface area contributed by atoms with Crippen LogP contribution in [0.15, 0.2) is 30.3 Å². The van der Waals surface area contributed by atoms with Gasteiger partial charge in [-0.3, -0.25) is 14.9 Å². The van der Waals surface area contributed by atoms with Crippen molar-refractivity contribution in [3.8, 4) is 0 Å². The van der Waals surface area contributed by atoms with Crippen LogP contribution in [0.5, 0.6) is 0 Å². The van der Waals surface area contributed by atoms with Gasteiger partial charge in [-0.2, -0.15) is 0 Å². The first-order chi connectivity index (χ1) is 16.6. The minimum Gasteiger partial charge on any atom is -0.352 e. The Morgan fingerprint density at radius 2 is 1.32 bits per heavy atom. The number of fused-ring (bicyclic) bond motifs is 1. The van der Waals surface area contributed by atoms with E-state index in [0.717, 1.165) is 12.8 Å². The van der Waals surface area contributed by atoms with Crippen LogP contribution in [-0.2, 0) is 0 Å². The summed E-state index contributed by atoms with van der Waals surface area (Å²) in [7, 11) is 0. The molecule has 0 saturated carbocycles. The molecular formula is C29H43N2O3. The number of nitrogens with one attached hydrogen (secondary N) is 1. The average molecular weight is 468 g/mol. The standard InChI is InChI=1S/C29H43N2O3/c1-2-3-4-5-6-7-8-9-10-11-12-13-14-15-16-19-22-30-29(32)26-23-25-20-17-18-21-27(25)28(24-26)31(33)34/h17-18,20-21,24H,2-16,19,22H2,1H3,(H,30,32). The number of unbranched alkanes of at least 4 members (excludes halogenated alkanes) is 15. The SMILES string of the molecule is CCCCCCCCCCCCCCCCCCNC(=O)c1[c]c2ccccc2c([N+](=O)[O-])c1. The summed E-state index contributed by atoms with van der Waals surface area (Å²) in [5.74, 6) is -0.296. The maximum Gasteiger partial charge on any atom is 0.278 e. The van der Waals surface area contributed by atoms with Crippen molar-refractivity contribution in [3.05, 3.63) is 52.1 Å². The minimum atomic E-state index is -0.442. The number of hydrogen-bond acceptors (Lipinski definition) is 3. The smallest absolute Gasteiger partial charge is 0.278 e. The Labute approximate surface area is 205 Å². The van der Waals surface area contributed by atoms with Crippen molar-refractivity contribution >= 4 is 22.4 Å². The molecule has 0 aromatic heterocycles. The van der Waals surface area contributed by atoms with Crippen LogP contribution in [0.25, 0.3) is 10.8 Å². The second-order valence-electron chi connectivity index (χ2n) is 9.43. The van der Waals surface area contributed by atoms with Gasteiger partial charge in [0, 0.05) is 18.7 Å². The summed E-state index contributed by atoms with van der Waals surface area (Å²) in [5, 5.41) is 15.4. The van der Waals surface area contributed by atoms with Crippen LogP contribution in [0, 0.1) is 16.2 Å². The molecule has 0 aliphatic carbocycles. The lowest BCUT2D eigenvalue weighted by Gasteiger charge is -2.07. The van der Waals surface area contributed by atoms with Crippen LogP contribution < -0.4 is 5.32 Å². The van der Waals surface area contributed by atoms with Crippen LogP contribution in [0.4, 0.5) is 5.69 Å². The van der Waals surface area contributed by atoms with Crippen molar-refractivity contribution in [3.63, 3.8) is 0 Å². The van der Waals surface area contributed by atoms with Crippen LogP contribution in [0.1, 0.15) is 120 Å². The van der Waals surface area contributed by atoms with Gasteiger partial charge in [0.1, 0.15) is 0 Å². The molecule has 0 aliphatic rings. The van der Waals surface area contributed by atoms with Gasteiger partial charge in [0.25, 0.3) is 11.6 Å². The van der Waals surface area contributed by atoms with Gasteiger partial charge in [0.2, 0.25) is 0 Å². The molecule has 1 amide bonds. The van der Waals surface area contributed by atoms with E-state index in [1.54, 1.807) is 24.3 Å². The second-order valence-corrected chi connectivity index (χ2v) is 9.43. The summed E-state index contributed by atoms with van der Waals surface area (Å²) in [6, 6.07) is 11.3. The molecule has 0 unspecified atom stereocenters. The number of non-ortho nitro benzene ring substituents is 1. The molecule has 0 spiro atoms. The van der Waals surface area contributed by atoms with Gasteiger partial charge in [-0.15, -0.1) is 0 Å². The predicted octanol–water partition coefficient (Wildman–Crippen LogP) is 8.54. The minimum absolute atomic E-state index is 0.0538. The van der Waals surface area contributed by atoms with Gasteiger partial charge in [-0.25, -0.2) is 0 Å². The molecule has 187 valence electrons. The first kappa shape index (κ1) is 27.8. The van der Waals surface area contributed by atoms with Gasteiger partial charge >= 0.3 is 0 Å². The number of rotatable bonds is 19. The number of carbonyl (C=O) groups excluding carboxylic acids is 1. The average Bonchev–Trinajstić information content (AvgIpc) is 2.85. The monoisotopic (exact) mass is 467 g/mol. The first-order valence-electron chi connectivity index (χ1n) is 13.5. The third-order valence-corrected chi connectivity index (χ3v) is 6.51. The van der Waals surface area contributed by atoms with E-state index >= 15 is 0 Å². The lowest BCUT2D eigenvalue weighted by molar-refractivity contribution is -0.383. The molecule has 0 bridgehead atoms. The van der Waals surface area contributed by atoms with E-state index in [0.29, 0.717) is 17.3 Å². The van der Waals surface area contributed by atoms with E-state index in [-0.39, 0.29) is 17.2 Å². The van der Waals surface area contributed by atoms with E-state index in [1.165, 1.54) is 96.0 Å². The van der Waals surface area contributed by atoms with Crippen molar-refractivity contribution < 1.29 is 9.72 Å². The van der Waals surface area contributed by atoms with Crippen molar-refractivity contribution in [2.24, 2.45) is 0 Å². The molecule has 2 aromatic rings. The lowest BCUT2D eigenvalue weighted by Crippen LogP contribution is -2.24. The molecular weight excluding hydrogens is 424 g/mol. The summed E-state index contributed by atoms with van der Waals surface area (Å²) < 4.78 is 0. The fourth-order valence-corrected chi connectivity index (χ4v) is 4.45. The molecule has 0 atom stereocenters. The van der Waals surface area contributed by atoms with E-state index in [1.807, 2.05) is 0 Å². The van der Waals surface area contributed by atoms with Crippen molar-refractivity contribution in [1.82, 2.24) is 5.32 Å². The highest BCUT2D eigenvalue weighted by molar-refractivity contribution is 6.01. The van der Waals surface area contributed by atoms with Gasteiger partial charge in [0.15, 0.2) is 0 Å². The zero-order valence-electron chi connectivity index (χ0n) is 21.1. The van der Waals surface area contributed by atoms with Gasteiger partial charge < -0.3 is 5.32 Å². The Morgan fingerprint density at radius 1 is 0.824 bits per heavy atom. The normalized spacial score (nSPS) is 11.1. The highest BCUT2D eigenvalue weighted by atomic mass is 16.6. The summed E-state index contributed by atoms with van der Waals surface area (Å²) >= 11 is 0. The van der Waals surface area contributed by atoms with E-state index in [2.05, 4.69) is 18.3 Å². The van der Waals surface area contributed by atoms with Crippen LogP contribution in [-0.4, -0.2) is 17.4 Å². The Kier molecular flexibility index (Phi) is 14.0. The molecule has 5 nitrogen and oxygen atoms in total. The summed E-state index contributed by atoms with van der Waals surface area (Å²) in [5.41, 5.74) is 0.170. The highest BCUT2D eigenvalue weighted by Gasteiger charge is 2.17. The molecule has 0 fully saturated rings. The Hall–Kier alpha value is -2.43. The predicted molar refractivity (Wildman–Crippen MR) is 141 cm³/mol. The second kappa shape index (κ2) is 17.1. The molecule has 5 heteroatoms. The summed E-state index contributed by atoms with van der Waals surface area (Å²) in [6.45, 7) is 2.86. The lowest BCUT2D eigenvalue weighted by atomic mass is 10.0. The number of nitro benzene ring substituents is 1. The molecule has 2 aromatic carbocycles. The maximum atomic E-state index is 12.5.